The molecule has 190 valence electrons. The third-order valence-electron chi connectivity index (χ3n) is 6.59. The smallest absolute Gasteiger partial charge is 0.425 e. The number of hydrogen-bond donors (Lipinski definition) is 0. The van der Waals surface area contributed by atoms with Crippen LogP contribution in [-0.2, 0) is 41.4 Å². The Hall–Kier alpha value is -2.41. The second-order valence-electron chi connectivity index (χ2n) is 9.89. The fourth-order valence-electron chi connectivity index (χ4n) is 4.81. The SMILES string of the molecule is CCOC(=O)CCc1c(C)cc(C=CC(=O)c2sc(C(F)(F)F)c3c2CCC(C)(C)C3)cc1CC. The lowest BCUT2D eigenvalue weighted by Gasteiger charge is -2.30. The van der Waals surface area contributed by atoms with Gasteiger partial charge in [0, 0.05) is 6.42 Å². The highest BCUT2D eigenvalue weighted by atomic mass is 32.1. The highest BCUT2D eigenvalue weighted by Crippen LogP contribution is 2.47. The minimum atomic E-state index is -4.46. The fraction of sp³-hybridized carbons (Fsp3) is 0.500. The number of ether oxygens (including phenoxy) is 1. The van der Waals surface area contributed by atoms with Gasteiger partial charge in [0.05, 0.1) is 11.5 Å². The van der Waals surface area contributed by atoms with E-state index in [2.05, 4.69) is 0 Å². The molecule has 1 aliphatic rings. The zero-order valence-electron chi connectivity index (χ0n) is 21.0. The van der Waals surface area contributed by atoms with Crippen molar-refractivity contribution in [1.29, 1.82) is 0 Å². The van der Waals surface area contributed by atoms with E-state index in [9.17, 15) is 22.8 Å². The second-order valence-corrected chi connectivity index (χ2v) is 10.9. The van der Waals surface area contributed by atoms with E-state index < -0.39 is 11.1 Å². The standard InChI is InChI=1S/C28H33F3O3S/c1-6-19-15-18(14-17(3)20(19)9-11-24(33)34-7-2)8-10-23(32)25-21-12-13-27(4,5)16-22(21)26(35-25)28(29,30)31/h8,10,14-15H,6-7,9,11-13,16H2,1-5H3. The minimum Gasteiger partial charge on any atom is -0.466 e. The molecule has 0 radical (unpaired) electrons. The molecule has 7 heteroatoms. The van der Waals surface area contributed by atoms with E-state index in [4.69, 9.17) is 4.74 Å². The summed E-state index contributed by atoms with van der Waals surface area (Å²) >= 11 is 0.583. The van der Waals surface area contributed by atoms with Gasteiger partial charge in [-0.15, -0.1) is 11.3 Å². The Kier molecular flexibility index (Phi) is 8.30. The lowest BCUT2D eigenvalue weighted by molar-refractivity contribution is -0.143. The molecule has 0 aliphatic heterocycles. The Morgan fingerprint density at radius 1 is 1.17 bits per heavy atom. The predicted octanol–water partition coefficient (Wildman–Crippen LogP) is 7.54. The zero-order valence-corrected chi connectivity index (χ0v) is 21.8. The molecule has 3 rings (SSSR count). The highest BCUT2D eigenvalue weighted by molar-refractivity contribution is 7.14. The quantitative estimate of drug-likeness (QED) is 0.211. The van der Waals surface area contributed by atoms with Gasteiger partial charge in [0.2, 0.25) is 0 Å². The third-order valence-corrected chi connectivity index (χ3v) is 7.92. The maximum absolute atomic E-state index is 13.7. The average Bonchev–Trinajstić information content (AvgIpc) is 3.14. The number of fused-ring (bicyclic) bond motifs is 1. The molecule has 3 nitrogen and oxygen atoms in total. The van der Waals surface area contributed by atoms with Gasteiger partial charge < -0.3 is 4.74 Å². The van der Waals surface area contributed by atoms with Gasteiger partial charge in [-0.1, -0.05) is 39.0 Å². The summed E-state index contributed by atoms with van der Waals surface area (Å²) in [5.74, 6) is -0.618. The zero-order chi connectivity index (χ0) is 26.0. The van der Waals surface area contributed by atoms with Crippen molar-refractivity contribution in [1.82, 2.24) is 0 Å². The molecule has 35 heavy (non-hydrogen) atoms. The molecule has 0 atom stereocenters. The van der Waals surface area contributed by atoms with Crippen LogP contribution in [0.15, 0.2) is 18.2 Å². The van der Waals surface area contributed by atoms with Gasteiger partial charge >= 0.3 is 12.1 Å². The molecule has 0 unspecified atom stereocenters. The van der Waals surface area contributed by atoms with Crippen LogP contribution in [0.1, 0.15) is 88.5 Å². The van der Waals surface area contributed by atoms with E-state index >= 15 is 0 Å². The second kappa shape index (κ2) is 10.7. The molecule has 1 aromatic carbocycles. The first-order chi connectivity index (χ1) is 16.4. The van der Waals surface area contributed by atoms with E-state index in [1.807, 2.05) is 39.8 Å². The molecule has 0 N–H and O–H groups in total. The van der Waals surface area contributed by atoms with E-state index in [1.54, 1.807) is 13.0 Å². The van der Waals surface area contributed by atoms with E-state index in [0.29, 0.717) is 54.8 Å². The van der Waals surface area contributed by atoms with Crippen LogP contribution in [0, 0.1) is 12.3 Å². The summed E-state index contributed by atoms with van der Waals surface area (Å²) in [6.07, 6.45) is 1.81. The lowest BCUT2D eigenvalue weighted by Crippen LogP contribution is -2.24. The number of carbonyl (C=O) groups excluding carboxylic acids is 2. The number of rotatable bonds is 8. The predicted molar refractivity (Wildman–Crippen MR) is 134 cm³/mol. The molecule has 1 aliphatic carbocycles. The third kappa shape index (κ3) is 6.43. The normalized spacial score (nSPS) is 15.3. The van der Waals surface area contributed by atoms with Crippen molar-refractivity contribution in [2.24, 2.45) is 5.41 Å². The minimum absolute atomic E-state index is 0.206. The molecule has 0 saturated carbocycles. The monoisotopic (exact) mass is 506 g/mol. The van der Waals surface area contributed by atoms with Crippen LogP contribution < -0.4 is 0 Å². The molecule has 0 spiro atoms. The number of alkyl halides is 3. The van der Waals surface area contributed by atoms with E-state index in [-0.39, 0.29) is 22.0 Å². The Labute approximate surface area is 209 Å². The summed E-state index contributed by atoms with van der Waals surface area (Å²) in [4.78, 5) is 24.4. The first-order valence-electron chi connectivity index (χ1n) is 12.1. The highest BCUT2D eigenvalue weighted by Gasteiger charge is 2.42. The number of aryl methyl sites for hydroxylation is 2. The topological polar surface area (TPSA) is 43.4 Å². The van der Waals surface area contributed by atoms with Gasteiger partial charge in [-0.05, 0) is 90.8 Å². The number of halogens is 3. The number of benzene rings is 1. The molecule has 0 amide bonds. The van der Waals surface area contributed by atoms with Crippen molar-refractivity contribution in [2.45, 2.75) is 79.3 Å². The maximum Gasteiger partial charge on any atom is 0.425 e. The van der Waals surface area contributed by atoms with Crippen LogP contribution >= 0.6 is 11.3 Å². The van der Waals surface area contributed by atoms with Crippen LogP contribution in [0.3, 0.4) is 0 Å². The molecule has 0 saturated heterocycles. The van der Waals surface area contributed by atoms with Gasteiger partial charge in [-0.3, -0.25) is 9.59 Å². The van der Waals surface area contributed by atoms with E-state index in [0.717, 1.165) is 35.1 Å². The first kappa shape index (κ1) is 27.2. The van der Waals surface area contributed by atoms with Gasteiger partial charge in [-0.25, -0.2) is 0 Å². The summed E-state index contributed by atoms with van der Waals surface area (Å²) in [5, 5.41) is 0. The van der Waals surface area contributed by atoms with Crippen LogP contribution in [0.2, 0.25) is 0 Å². The number of carbonyl (C=O) groups is 2. The Balaban J connectivity index is 1.87. The number of ketones is 1. The summed E-state index contributed by atoms with van der Waals surface area (Å²) in [6, 6.07) is 3.92. The van der Waals surface area contributed by atoms with Gasteiger partial charge in [0.25, 0.3) is 0 Å². The number of allylic oxidation sites excluding steroid dienone is 1. The summed E-state index contributed by atoms with van der Waals surface area (Å²) in [6.45, 7) is 10.1. The fourth-order valence-corrected chi connectivity index (χ4v) is 5.96. The molecular formula is C28H33F3O3S. The Bertz CT molecular complexity index is 1140. The number of esters is 1. The van der Waals surface area contributed by atoms with Crippen LogP contribution in [0.4, 0.5) is 13.2 Å². The Morgan fingerprint density at radius 2 is 1.89 bits per heavy atom. The average molecular weight is 507 g/mol. The van der Waals surface area contributed by atoms with Crippen LogP contribution in [0.5, 0.6) is 0 Å². The van der Waals surface area contributed by atoms with Gasteiger partial charge in [0.15, 0.2) is 5.78 Å². The van der Waals surface area contributed by atoms with Crippen molar-refractivity contribution in [3.63, 3.8) is 0 Å². The van der Waals surface area contributed by atoms with Crippen LogP contribution in [0.25, 0.3) is 6.08 Å². The Morgan fingerprint density at radius 3 is 2.51 bits per heavy atom. The molecule has 0 fully saturated rings. The van der Waals surface area contributed by atoms with Crippen molar-refractivity contribution in [3.05, 3.63) is 61.3 Å². The molecular weight excluding hydrogens is 473 g/mol. The molecule has 0 bridgehead atoms. The van der Waals surface area contributed by atoms with Gasteiger partial charge in [-0.2, -0.15) is 13.2 Å². The van der Waals surface area contributed by atoms with Gasteiger partial charge in [0.1, 0.15) is 4.88 Å². The van der Waals surface area contributed by atoms with Crippen molar-refractivity contribution >= 4 is 29.2 Å². The molecule has 1 heterocycles. The maximum atomic E-state index is 13.7. The lowest BCUT2D eigenvalue weighted by atomic mass is 9.74. The van der Waals surface area contributed by atoms with Crippen molar-refractivity contribution < 1.29 is 27.5 Å². The van der Waals surface area contributed by atoms with Crippen molar-refractivity contribution in [2.75, 3.05) is 6.61 Å². The summed E-state index contributed by atoms with van der Waals surface area (Å²) in [5.41, 5.74) is 4.64. The largest absolute Gasteiger partial charge is 0.466 e. The summed E-state index contributed by atoms with van der Waals surface area (Å²) < 4.78 is 46.2. The summed E-state index contributed by atoms with van der Waals surface area (Å²) in [7, 11) is 0. The molecule has 1 aromatic heterocycles. The van der Waals surface area contributed by atoms with Crippen LogP contribution in [-0.4, -0.2) is 18.4 Å². The first-order valence-corrected chi connectivity index (χ1v) is 12.9. The number of thiophene rings is 1. The molecule has 2 aromatic rings. The number of hydrogen-bond acceptors (Lipinski definition) is 4. The van der Waals surface area contributed by atoms with Crippen molar-refractivity contribution in [3.8, 4) is 0 Å². The van der Waals surface area contributed by atoms with E-state index in [1.165, 1.54) is 6.08 Å².